The van der Waals surface area contributed by atoms with Gasteiger partial charge in [0, 0.05) is 52.4 Å². The molecule has 0 unspecified atom stereocenters. The molecule has 2 N–H and O–H groups in total. The Hall–Kier alpha value is -1.96. The van der Waals surface area contributed by atoms with Crippen LogP contribution in [0.25, 0.3) is 0 Å². The van der Waals surface area contributed by atoms with E-state index in [0.29, 0.717) is 0 Å². The van der Waals surface area contributed by atoms with Gasteiger partial charge in [-0.25, -0.2) is 0 Å². The Bertz CT molecular complexity index is 570. The number of piperazine rings is 2. The highest BCUT2D eigenvalue weighted by Crippen LogP contribution is 2.27. The van der Waals surface area contributed by atoms with Gasteiger partial charge >= 0.3 is 0 Å². The Balaban J connectivity index is 1.84. The van der Waals surface area contributed by atoms with Crippen molar-refractivity contribution < 1.29 is 0 Å². The summed E-state index contributed by atoms with van der Waals surface area (Å²) in [4.78, 5) is 5.06. The van der Waals surface area contributed by atoms with Crippen LogP contribution < -0.4 is 10.6 Å². The Morgan fingerprint density at radius 3 is 1.58 bits per heavy atom. The Labute approximate surface area is 143 Å². The molecule has 6 heteroatoms. The van der Waals surface area contributed by atoms with Crippen LogP contribution in [0.2, 0.25) is 0 Å². The largest absolute Gasteiger partial charge is 0.314 e. The van der Waals surface area contributed by atoms with E-state index in [-0.39, 0.29) is 6.17 Å². The first kappa shape index (κ1) is 16.9. The maximum absolute atomic E-state index is 9.06. The molecule has 0 aromatic heterocycles. The zero-order valence-electron chi connectivity index (χ0n) is 13.9. The molecule has 2 aliphatic heterocycles. The van der Waals surface area contributed by atoms with Crippen molar-refractivity contribution in [3.05, 3.63) is 35.4 Å². The molecule has 1 aromatic rings. The zero-order valence-corrected chi connectivity index (χ0v) is 13.9. The highest BCUT2D eigenvalue weighted by molar-refractivity contribution is 5.34. The molecule has 1 aromatic carbocycles. The van der Waals surface area contributed by atoms with Crippen LogP contribution in [0.4, 0.5) is 0 Å². The molecule has 0 radical (unpaired) electrons. The normalized spacial score (nSPS) is 20.0. The van der Waals surface area contributed by atoms with E-state index in [1.54, 1.807) is 0 Å². The monoisotopic (exact) mass is 324 g/mol. The smallest absolute Gasteiger partial charge is 0.158 e. The Kier molecular flexibility index (Phi) is 5.79. The first-order chi connectivity index (χ1) is 11.8. The molecule has 6 nitrogen and oxygen atoms in total. The Morgan fingerprint density at radius 1 is 0.750 bits per heavy atom. The predicted octanol–water partition coefficient (Wildman–Crippen LogP) is 0.626. The first-order valence-electron chi connectivity index (χ1n) is 8.62. The summed E-state index contributed by atoms with van der Waals surface area (Å²) in [6.45, 7) is 8.23. The minimum Gasteiger partial charge on any atom is -0.314 e. The number of nitriles is 2. The molecule has 2 aliphatic rings. The van der Waals surface area contributed by atoms with Crippen molar-refractivity contribution >= 4 is 0 Å². The minimum atomic E-state index is -0.684. The predicted molar refractivity (Wildman–Crippen MR) is 92.0 cm³/mol. The molecule has 0 aliphatic carbocycles. The summed E-state index contributed by atoms with van der Waals surface area (Å²) >= 11 is 0. The summed E-state index contributed by atoms with van der Waals surface area (Å²) < 4.78 is 0. The van der Waals surface area contributed by atoms with Crippen LogP contribution in [0, 0.1) is 22.7 Å². The molecule has 3 rings (SSSR count). The highest BCUT2D eigenvalue weighted by Gasteiger charge is 2.29. The lowest BCUT2D eigenvalue weighted by atomic mass is 9.99. The molecule has 0 amide bonds. The Morgan fingerprint density at radius 2 is 1.17 bits per heavy atom. The third-order valence-electron chi connectivity index (χ3n) is 4.82. The van der Waals surface area contributed by atoms with Crippen LogP contribution in [0.15, 0.2) is 24.3 Å². The SMILES string of the molecule is N#CC(C#N)c1ccc(C(N2CCNCC2)N2CCNCC2)cc1. The van der Waals surface area contributed by atoms with E-state index >= 15 is 0 Å². The second-order valence-electron chi connectivity index (χ2n) is 6.30. The van der Waals surface area contributed by atoms with Gasteiger partial charge in [-0.05, 0) is 11.1 Å². The van der Waals surface area contributed by atoms with Crippen molar-refractivity contribution in [3.8, 4) is 12.1 Å². The topological polar surface area (TPSA) is 78.1 Å². The lowest BCUT2D eigenvalue weighted by Gasteiger charge is -2.43. The third-order valence-corrected chi connectivity index (χ3v) is 4.82. The van der Waals surface area contributed by atoms with Gasteiger partial charge in [0.25, 0.3) is 0 Å². The number of nitrogens with zero attached hydrogens (tertiary/aromatic N) is 4. The van der Waals surface area contributed by atoms with Gasteiger partial charge < -0.3 is 10.6 Å². The summed E-state index contributed by atoms with van der Waals surface area (Å²) in [5, 5.41) is 25.0. The molecular formula is C18H24N6. The lowest BCUT2D eigenvalue weighted by molar-refractivity contribution is 0.0243. The molecule has 2 fully saturated rings. The van der Waals surface area contributed by atoms with Crippen molar-refractivity contribution in [1.82, 2.24) is 20.4 Å². The maximum Gasteiger partial charge on any atom is 0.158 e. The summed E-state index contributed by atoms with van der Waals surface area (Å²) in [7, 11) is 0. The lowest BCUT2D eigenvalue weighted by Crippen LogP contribution is -2.54. The van der Waals surface area contributed by atoms with Crippen molar-refractivity contribution in [2.45, 2.75) is 12.1 Å². The molecule has 2 heterocycles. The number of hydrogen-bond donors (Lipinski definition) is 2. The summed E-state index contributed by atoms with van der Waals surface area (Å²) in [5.41, 5.74) is 2.03. The van der Waals surface area contributed by atoms with Gasteiger partial charge in [-0.2, -0.15) is 10.5 Å². The quantitative estimate of drug-likeness (QED) is 0.846. The van der Waals surface area contributed by atoms with Crippen LogP contribution >= 0.6 is 0 Å². The van der Waals surface area contributed by atoms with E-state index in [9.17, 15) is 0 Å². The molecule has 0 spiro atoms. The second-order valence-corrected chi connectivity index (χ2v) is 6.30. The van der Waals surface area contributed by atoms with E-state index in [0.717, 1.165) is 57.9 Å². The maximum atomic E-state index is 9.06. The standard InChI is InChI=1S/C18H24N6/c19-13-17(14-20)15-1-3-16(4-2-15)18(23-9-5-21-6-10-23)24-11-7-22-8-12-24/h1-4,17-18,21-22H,5-12H2. The number of rotatable bonds is 4. The molecule has 0 bridgehead atoms. The minimum absolute atomic E-state index is 0.269. The van der Waals surface area contributed by atoms with Gasteiger partial charge in [0.15, 0.2) is 5.92 Å². The summed E-state index contributed by atoms with van der Waals surface area (Å²) in [5.74, 6) is -0.684. The molecular weight excluding hydrogens is 300 g/mol. The average molecular weight is 324 g/mol. The van der Waals surface area contributed by atoms with Crippen LogP contribution in [0.3, 0.4) is 0 Å². The van der Waals surface area contributed by atoms with Gasteiger partial charge in [0.1, 0.15) is 0 Å². The van der Waals surface area contributed by atoms with Crippen LogP contribution in [-0.2, 0) is 0 Å². The third kappa shape index (κ3) is 3.75. The van der Waals surface area contributed by atoms with Gasteiger partial charge in [-0.3, -0.25) is 9.80 Å². The van der Waals surface area contributed by atoms with Gasteiger partial charge in [-0.15, -0.1) is 0 Å². The molecule has 24 heavy (non-hydrogen) atoms. The summed E-state index contributed by atoms with van der Waals surface area (Å²) in [6.07, 6.45) is 0.269. The van der Waals surface area contributed by atoms with Crippen LogP contribution in [0.1, 0.15) is 23.2 Å². The van der Waals surface area contributed by atoms with E-state index in [2.05, 4.69) is 32.6 Å². The van der Waals surface area contributed by atoms with Crippen molar-refractivity contribution in [2.75, 3.05) is 52.4 Å². The fourth-order valence-corrected chi connectivity index (χ4v) is 3.54. The van der Waals surface area contributed by atoms with Crippen molar-refractivity contribution in [3.63, 3.8) is 0 Å². The molecule has 126 valence electrons. The van der Waals surface area contributed by atoms with Crippen molar-refractivity contribution in [2.24, 2.45) is 0 Å². The van der Waals surface area contributed by atoms with E-state index in [1.165, 1.54) is 5.56 Å². The fourth-order valence-electron chi connectivity index (χ4n) is 3.54. The number of hydrogen-bond acceptors (Lipinski definition) is 6. The molecule has 0 atom stereocenters. The van der Waals surface area contributed by atoms with Gasteiger partial charge in [0.05, 0.1) is 18.3 Å². The van der Waals surface area contributed by atoms with Gasteiger partial charge in [-0.1, -0.05) is 24.3 Å². The molecule has 2 saturated heterocycles. The van der Waals surface area contributed by atoms with Crippen molar-refractivity contribution in [1.29, 1.82) is 10.5 Å². The first-order valence-corrected chi connectivity index (χ1v) is 8.62. The van der Waals surface area contributed by atoms with Crippen LogP contribution in [-0.4, -0.2) is 62.2 Å². The highest BCUT2D eigenvalue weighted by atomic mass is 15.4. The summed E-state index contributed by atoms with van der Waals surface area (Å²) in [6, 6.07) is 12.1. The fraction of sp³-hybridized carbons (Fsp3) is 0.556. The van der Waals surface area contributed by atoms with E-state index < -0.39 is 5.92 Å². The second kappa shape index (κ2) is 8.23. The average Bonchev–Trinajstić information content (AvgIpc) is 2.66. The molecule has 0 saturated carbocycles. The van der Waals surface area contributed by atoms with E-state index in [1.807, 2.05) is 24.3 Å². The number of benzene rings is 1. The van der Waals surface area contributed by atoms with E-state index in [4.69, 9.17) is 10.5 Å². The number of nitrogens with one attached hydrogen (secondary N) is 2. The van der Waals surface area contributed by atoms with Gasteiger partial charge in [0.2, 0.25) is 0 Å². The zero-order chi connectivity index (χ0) is 16.8. The van der Waals surface area contributed by atoms with Crippen LogP contribution in [0.5, 0.6) is 0 Å².